The van der Waals surface area contributed by atoms with Gasteiger partial charge in [0.15, 0.2) is 0 Å². The van der Waals surface area contributed by atoms with Crippen LogP contribution in [-0.4, -0.2) is 18.4 Å². The Morgan fingerprint density at radius 2 is 1.78 bits per heavy atom. The Morgan fingerprint density at radius 1 is 1.04 bits per heavy atom. The molecule has 1 N–H and O–H groups in total. The number of benzene rings is 3. The number of anilines is 1. The number of rotatable bonds is 4. The first-order chi connectivity index (χ1) is 13.1. The summed E-state index contributed by atoms with van der Waals surface area (Å²) in [5, 5.41) is 4.91. The Morgan fingerprint density at radius 3 is 2.59 bits per heavy atom. The average Bonchev–Trinajstić information content (AvgIpc) is 3.08. The van der Waals surface area contributed by atoms with E-state index in [4.69, 9.17) is 0 Å². The predicted molar refractivity (Wildman–Crippen MR) is 103 cm³/mol. The van der Waals surface area contributed by atoms with E-state index in [-0.39, 0.29) is 24.1 Å². The Labute approximate surface area is 156 Å². The van der Waals surface area contributed by atoms with Crippen LogP contribution in [0.4, 0.5) is 10.1 Å². The molecule has 3 aromatic rings. The van der Waals surface area contributed by atoms with Gasteiger partial charge in [-0.15, -0.1) is 0 Å². The van der Waals surface area contributed by atoms with Crippen molar-refractivity contribution in [1.29, 1.82) is 0 Å². The van der Waals surface area contributed by atoms with Gasteiger partial charge in [0.05, 0.1) is 11.6 Å². The van der Waals surface area contributed by atoms with E-state index in [0.717, 1.165) is 22.0 Å². The molecule has 4 nitrogen and oxygen atoms in total. The van der Waals surface area contributed by atoms with E-state index in [1.807, 2.05) is 42.5 Å². The zero-order valence-electron chi connectivity index (χ0n) is 14.7. The predicted octanol–water partition coefficient (Wildman–Crippen LogP) is 3.65. The van der Waals surface area contributed by atoms with Crippen LogP contribution >= 0.6 is 0 Å². The maximum Gasteiger partial charge on any atom is 0.227 e. The lowest BCUT2D eigenvalue weighted by Gasteiger charge is -2.19. The van der Waals surface area contributed by atoms with Crippen molar-refractivity contribution in [1.82, 2.24) is 5.32 Å². The molecule has 1 saturated heterocycles. The van der Waals surface area contributed by atoms with Crippen molar-refractivity contribution in [2.75, 3.05) is 11.4 Å². The molecule has 1 atom stereocenters. The van der Waals surface area contributed by atoms with Crippen LogP contribution in [0.5, 0.6) is 0 Å². The molecule has 27 heavy (non-hydrogen) atoms. The highest BCUT2D eigenvalue weighted by Crippen LogP contribution is 2.31. The monoisotopic (exact) mass is 362 g/mol. The van der Waals surface area contributed by atoms with Crippen molar-refractivity contribution in [2.45, 2.75) is 13.0 Å². The quantitative estimate of drug-likeness (QED) is 0.770. The fourth-order valence-corrected chi connectivity index (χ4v) is 3.50. The van der Waals surface area contributed by atoms with Crippen molar-refractivity contribution < 1.29 is 14.0 Å². The van der Waals surface area contributed by atoms with Gasteiger partial charge in [-0.1, -0.05) is 48.5 Å². The van der Waals surface area contributed by atoms with Gasteiger partial charge in [0.2, 0.25) is 11.8 Å². The highest BCUT2D eigenvalue weighted by Gasteiger charge is 2.35. The lowest BCUT2D eigenvalue weighted by Crippen LogP contribution is -2.32. The number of nitrogens with zero attached hydrogens (tertiary/aromatic N) is 1. The molecule has 0 saturated carbocycles. The summed E-state index contributed by atoms with van der Waals surface area (Å²) in [6.07, 6.45) is 0.193. The maximum atomic E-state index is 13.0. The van der Waals surface area contributed by atoms with E-state index < -0.39 is 5.92 Å². The number of carbonyl (C=O) groups excluding carboxylic acids is 2. The second-order valence-corrected chi connectivity index (χ2v) is 6.75. The van der Waals surface area contributed by atoms with Gasteiger partial charge in [-0.3, -0.25) is 9.59 Å². The van der Waals surface area contributed by atoms with E-state index in [9.17, 15) is 14.0 Å². The first-order valence-electron chi connectivity index (χ1n) is 8.92. The Balaban J connectivity index is 1.47. The summed E-state index contributed by atoms with van der Waals surface area (Å²) >= 11 is 0. The van der Waals surface area contributed by atoms with Crippen molar-refractivity contribution in [2.24, 2.45) is 5.92 Å². The van der Waals surface area contributed by atoms with Gasteiger partial charge >= 0.3 is 0 Å². The number of halogens is 1. The molecule has 0 aromatic heterocycles. The van der Waals surface area contributed by atoms with E-state index in [2.05, 4.69) is 5.32 Å². The lowest BCUT2D eigenvalue weighted by atomic mass is 10.1. The minimum absolute atomic E-state index is 0.0479. The van der Waals surface area contributed by atoms with Gasteiger partial charge in [-0.25, -0.2) is 4.39 Å². The molecule has 1 heterocycles. The van der Waals surface area contributed by atoms with Gasteiger partial charge in [0, 0.05) is 24.9 Å². The normalized spacial score (nSPS) is 16.7. The van der Waals surface area contributed by atoms with Gasteiger partial charge in [0.1, 0.15) is 5.82 Å². The van der Waals surface area contributed by atoms with Crippen LogP contribution in [0, 0.1) is 11.7 Å². The van der Waals surface area contributed by atoms with Crippen LogP contribution in [0.3, 0.4) is 0 Å². The minimum Gasteiger partial charge on any atom is -0.352 e. The van der Waals surface area contributed by atoms with Crippen LogP contribution in [0.2, 0.25) is 0 Å². The maximum absolute atomic E-state index is 13.0. The average molecular weight is 362 g/mol. The molecule has 0 radical (unpaired) electrons. The second kappa shape index (κ2) is 7.19. The minimum atomic E-state index is -0.392. The summed E-state index contributed by atoms with van der Waals surface area (Å²) < 4.78 is 13.0. The van der Waals surface area contributed by atoms with Crippen LogP contribution in [0.25, 0.3) is 10.8 Å². The summed E-state index contributed by atoms with van der Waals surface area (Å²) in [5.41, 5.74) is 1.66. The Kier molecular flexibility index (Phi) is 4.59. The summed E-state index contributed by atoms with van der Waals surface area (Å²) in [6, 6.07) is 19.7. The van der Waals surface area contributed by atoms with Gasteiger partial charge in [0.25, 0.3) is 0 Å². The van der Waals surface area contributed by atoms with E-state index in [1.54, 1.807) is 17.0 Å². The fraction of sp³-hybridized carbons (Fsp3) is 0.182. The lowest BCUT2D eigenvalue weighted by molar-refractivity contribution is -0.126. The topological polar surface area (TPSA) is 49.4 Å². The summed E-state index contributed by atoms with van der Waals surface area (Å²) in [6.45, 7) is 0.681. The standard InChI is InChI=1S/C22H19FN2O2/c23-18-10-8-15(9-11-18)13-24-22(27)17-12-21(26)25(14-17)20-7-3-5-16-4-1-2-6-19(16)20/h1-11,17H,12-14H2,(H,24,27). The smallest absolute Gasteiger partial charge is 0.227 e. The molecule has 3 aromatic carbocycles. The first-order valence-corrected chi connectivity index (χ1v) is 8.92. The van der Waals surface area contributed by atoms with Crippen molar-refractivity contribution in [3.63, 3.8) is 0 Å². The third-order valence-electron chi connectivity index (χ3n) is 4.93. The van der Waals surface area contributed by atoms with Crippen molar-refractivity contribution in [3.05, 3.63) is 78.1 Å². The van der Waals surface area contributed by atoms with Crippen LogP contribution in [-0.2, 0) is 16.1 Å². The zero-order chi connectivity index (χ0) is 18.8. The molecule has 136 valence electrons. The number of hydrogen-bond donors (Lipinski definition) is 1. The number of nitrogens with one attached hydrogen (secondary N) is 1. The molecule has 1 aliphatic heterocycles. The summed E-state index contributed by atoms with van der Waals surface area (Å²) in [4.78, 5) is 26.8. The Hall–Kier alpha value is -3.21. The third-order valence-corrected chi connectivity index (χ3v) is 4.93. The van der Waals surface area contributed by atoms with Gasteiger partial charge < -0.3 is 10.2 Å². The number of hydrogen-bond acceptors (Lipinski definition) is 2. The highest BCUT2D eigenvalue weighted by atomic mass is 19.1. The highest BCUT2D eigenvalue weighted by molar-refractivity contribution is 6.06. The number of fused-ring (bicyclic) bond motifs is 1. The number of amides is 2. The molecule has 2 amide bonds. The van der Waals surface area contributed by atoms with Crippen molar-refractivity contribution in [3.8, 4) is 0 Å². The molecule has 1 unspecified atom stereocenters. The fourth-order valence-electron chi connectivity index (χ4n) is 3.50. The molecule has 1 fully saturated rings. The van der Waals surface area contributed by atoms with Crippen LogP contribution in [0.1, 0.15) is 12.0 Å². The molecular weight excluding hydrogens is 343 g/mol. The molecule has 0 bridgehead atoms. The molecule has 5 heteroatoms. The van der Waals surface area contributed by atoms with Crippen LogP contribution < -0.4 is 10.2 Å². The largest absolute Gasteiger partial charge is 0.352 e. The molecular formula is C22H19FN2O2. The molecule has 0 aliphatic carbocycles. The van der Waals surface area contributed by atoms with E-state index in [0.29, 0.717) is 13.1 Å². The van der Waals surface area contributed by atoms with Crippen molar-refractivity contribution >= 4 is 28.3 Å². The van der Waals surface area contributed by atoms with E-state index >= 15 is 0 Å². The summed E-state index contributed by atoms with van der Waals surface area (Å²) in [7, 11) is 0. The SMILES string of the molecule is O=C(NCc1ccc(F)cc1)C1CC(=O)N(c2cccc3ccccc23)C1. The van der Waals surface area contributed by atoms with E-state index in [1.165, 1.54) is 12.1 Å². The second-order valence-electron chi connectivity index (χ2n) is 6.75. The zero-order valence-corrected chi connectivity index (χ0v) is 14.7. The first kappa shape index (κ1) is 17.2. The third kappa shape index (κ3) is 3.53. The summed E-state index contributed by atoms with van der Waals surface area (Å²) in [5.74, 6) is -0.905. The van der Waals surface area contributed by atoms with Crippen LogP contribution in [0.15, 0.2) is 66.7 Å². The Bertz CT molecular complexity index is 995. The van der Waals surface area contributed by atoms with Gasteiger partial charge in [-0.05, 0) is 29.1 Å². The molecule has 4 rings (SSSR count). The number of carbonyl (C=O) groups is 2. The molecule has 0 spiro atoms. The molecule has 1 aliphatic rings. The van der Waals surface area contributed by atoms with Gasteiger partial charge in [-0.2, -0.15) is 0 Å².